The Morgan fingerprint density at radius 2 is 1.79 bits per heavy atom. The highest BCUT2D eigenvalue weighted by Gasteiger charge is 2.20. The maximum atomic E-state index is 12.6. The molecule has 0 saturated heterocycles. The zero-order valence-electron chi connectivity index (χ0n) is 13.7. The fraction of sp³-hybridized carbons (Fsp3) is 0.235. The van der Waals surface area contributed by atoms with Crippen LogP contribution in [0.3, 0.4) is 0 Å². The molecule has 0 aliphatic rings. The Bertz CT molecular complexity index is 821. The van der Waals surface area contributed by atoms with Crippen LogP contribution in [0.5, 0.6) is 0 Å². The van der Waals surface area contributed by atoms with Crippen molar-refractivity contribution in [1.29, 1.82) is 0 Å². The van der Waals surface area contributed by atoms with E-state index in [0.29, 0.717) is 5.69 Å². The Kier molecular flexibility index (Phi) is 6.04. The molecule has 0 fully saturated rings. The van der Waals surface area contributed by atoms with Crippen LogP contribution in [-0.4, -0.2) is 20.6 Å². The normalized spacial score (nSPS) is 12.6. The summed E-state index contributed by atoms with van der Waals surface area (Å²) in [5.74, 6) is -0.245. The third-order valence-electron chi connectivity index (χ3n) is 3.42. The van der Waals surface area contributed by atoms with E-state index in [1.165, 1.54) is 30.8 Å². The Morgan fingerprint density at radius 3 is 2.38 bits per heavy atom. The highest BCUT2D eigenvalue weighted by molar-refractivity contribution is 7.98. The molecule has 7 heteroatoms. The predicted molar refractivity (Wildman–Crippen MR) is 97.7 cm³/mol. The van der Waals surface area contributed by atoms with Crippen molar-refractivity contribution in [3.63, 3.8) is 0 Å². The number of anilines is 1. The summed E-state index contributed by atoms with van der Waals surface area (Å²) >= 11 is 1.44. The van der Waals surface area contributed by atoms with Gasteiger partial charge in [0.25, 0.3) is 0 Å². The van der Waals surface area contributed by atoms with Gasteiger partial charge >= 0.3 is 0 Å². The summed E-state index contributed by atoms with van der Waals surface area (Å²) < 4.78 is 27.9. The van der Waals surface area contributed by atoms with E-state index in [9.17, 15) is 13.2 Å². The second kappa shape index (κ2) is 7.83. The van der Waals surface area contributed by atoms with Crippen molar-refractivity contribution < 1.29 is 13.2 Å². The summed E-state index contributed by atoms with van der Waals surface area (Å²) in [5, 5.41) is 2.67. The van der Waals surface area contributed by atoms with Crippen molar-refractivity contribution in [3.05, 3.63) is 54.1 Å². The van der Waals surface area contributed by atoms with E-state index in [1.807, 2.05) is 36.6 Å². The van der Waals surface area contributed by atoms with Gasteiger partial charge < -0.3 is 5.32 Å². The molecule has 0 aromatic heterocycles. The van der Waals surface area contributed by atoms with Gasteiger partial charge in [-0.15, -0.1) is 11.8 Å². The number of thioether (sulfide) groups is 1. The standard InChI is InChI=1S/C17H20N2O3S2/c1-12(14-7-5-4-6-8-14)19-24(21,22)15-9-10-17(23-3)16(11-15)18-13(2)20/h4-12,19H,1-3H3,(H,18,20)/t12-/m0/s1. The molecule has 1 atom stereocenters. The van der Waals surface area contributed by atoms with Gasteiger partial charge in [0, 0.05) is 17.9 Å². The Morgan fingerprint density at radius 1 is 1.12 bits per heavy atom. The molecular formula is C17H20N2O3S2. The molecular weight excluding hydrogens is 344 g/mol. The van der Waals surface area contributed by atoms with E-state index in [-0.39, 0.29) is 16.8 Å². The smallest absolute Gasteiger partial charge is 0.241 e. The van der Waals surface area contributed by atoms with Gasteiger partial charge in [-0.25, -0.2) is 13.1 Å². The van der Waals surface area contributed by atoms with Crippen LogP contribution in [0.25, 0.3) is 0 Å². The summed E-state index contributed by atoms with van der Waals surface area (Å²) in [6, 6.07) is 13.7. The average molecular weight is 364 g/mol. The van der Waals surface area contributed by atoms with Crippen molar-refractivity contribution in [2.45, 2.75) is 29.7 Å². The predicted octanol–water partition coefficient (Wildman–Crippen LogP) is 3.41. The zero-order chi connectivity index (χ0) is 17.7. The van der Waals surface area contributed by atoms with Gasteiger partial charge in [0.05, 0.1) is 10.6 Å². The highest BCUT2D eigenvalue weighted by atomic mass is 32.2. The van der Waals surface area contributed by atoms with Crippen LogP contribution in [0.1, 0.15) is 25.5 Å². The number of hydrogen-bond donors (Lipinski definition) is 2. The molecule has 0 saturated carbocycles. The van der Waals surface area contributed by atoms with Crippen molar-refractivity contribution in [1.82, 2.24) is 4.72 Å². The van der Waals surface area contributed by atoms with Gasteiger partial charge in [-0.3, -0.25) is 4.79 Å². The Labute approximate surface area is 146 Å². The van der Waals surface area contributed by atoms with Gasteiger partial charge in [0.1, 0.15) is 0 Å². The van der Waals surface area contributed by atoms with E-state index in [0.717, 1.165) is 10.5 Å². The van der Waals surface area contributed by atoms with Crippen LogP contribution in [0.4, 0.5) is 5.69 Å². The van der Waals surface area contributed by atoms with Crippen LogP contribution < -0.4 is 10.0 Å². The first kappa shape index (κ1) is 18.5. The first-order valence-electron chi connectivity index (χ1n) is 7.36. The summed E-state index contributed by atoms with van der Waals surface area (Å²) in [6.07, 6.45) is 1.87. The van der Waals surface area contributed by atoms with E-state index >= 15 is 0 Å². The molecule has 0 aliphatic heterocycles. The third-order valence-corrected chi connectivity index (χ3v) is 5.76. The van der Waals surface area contributed by atoms with Crippen LogP contribution in [-0.2, 0) is 14.8 Å². The molecule has 128 valence electrons. The number of amides is 1. The fourth-order valence-electron chi connectivity index (χ4n) is 2.25. The molecule has 0 aliphatic carbocycles. The lowest BCUT2D eigenvalue weighted by Gasteiger charge is -2.16. The second-order valence-corrected chi connectivity index (χ2v) is 7.86. The molecule has 0 radical (unpaired) electrons. The third kappa shape index (κ3) is 4.59. The fourth-order valence-corrected chi connectivity index (χ4v) is 4.04. The average Bonchev–Trinajstić information content (AvgIpc) is 2.54. The van der Waals surface area contributed by atoms with Crippen LogP contribution in [0.2, 0.25) is 0 Å². The monoisotopic (exact) mass is 364 g/mol. The van der Waals surface area contributed by atoms with Crippen molar-refractivity contribution in [2.24, 2.45) is 0 Å². The Hall–Kier alpha value is -1.83. The van der Waals surface area contributed by atoms with Crippen molar-refractivity contribution >= 4 is 33.4 Å². The molecule has 0 unspecified atom stereocenters. The summed E-state index contributed by atoms with van der Waals surface area (Å²) in [7, 11) is -3.70. The van der Waals surface area contributed by atoms with Crippen LogP contribution in [0.15, 0.2) is 58.3 Å². The van der Waals surface area contributed by atoms with Gasteiger partial charge in [-0.1, -0.05) is 30.3 Å². The molecule has 24 heavy (non-hydrogen) atoms. The SMILES string of the molecule is CSc1ccc(S(=O)(=O)N[C@@H](C)c2ccccc2)cc1NC(C)=O. The minimum atomic E-state index is -3.70. The quantitative estimate of drug-likeness (QED) is 0.770. The molecule has 1 amide bonds. The van der Waals surface area contributed by atoms with E-state index in [2.05, 4.69) is 10.0 Å². The summed E-state index contributed by atoms with van der Waals surface area (Å²) in [6.45, 7) is 3.18. The van der Waals surface area contributed by atoms with Gasteiger partial charge in [0.15, 0.2) is 0 Å². The molecule has 0 heterocycles. The number of carbonyl (C=O) groups is 1. The largest absolute Gasteiger partial charge is 0.325 e. The number of hydrogen-bond acceptors (Lipinski definition) is 4. The molecule has 0 bridgehead atoms. The highest BCUT2D eigenvalue weighted by Crippen LogP contribution is 2.28. The summed E-state index contributed by atoms with van der Waals surface area (Å²) in [4.78, 5) is 12.2. The number of rotatable bonds is 6. The van der Waals surface area contributed by atoms with Crippen LogP contribution >= 0.6 is 11.8 Å². The minimum absolute atomic E-state index is 0.117. The summed E-state index contributed by atoms with van der Waals surface area (Å²) in [5.41, 5.74) is 1.37. The molecule has 2 aromatic carbocycles. The molecule has 5 nitrogen and oxygen atoms in total. The first-order chi connectivity index (χ1) is 11.3. The lowest BCUT2D eigenvalue weighted by atomic mass is 10.1. The molecule has 0 spiro atoms. The van der Waals surface area contributed by atoms with Crippen molar-refractivity contribution in [3.8, 4) is 0 Å². The van der Waals surface area contributed by atoms with Gasteiger partial charge in [-0.2, -0.15) is 0 Å². The first-order valence-corrected chi connectivity index (χ1v) is 10.1. The van der Waals surface area contributed by atoms with Gasteiger partial charge in [-0.05, 0) is 36.9 Å². The van der Waals surface area contributed by atoms with Crippen LogP contribution in [0, 0.1) is 0 Å². The van der Waals surface area contributed by atoms with E-state index < -0.39 is 10.0 Å². The van der Waals surface area contributed by atoms with Gasteiger partial charge in [0.2, 0.25) is 15.9 Å². The maximum Gasteiger partial charge on any atom is 0.241 e. The lowest BCUT2D eigenvalue weighted by molar-refractivity contribution is -0.114. The topological polar surface area (TPSA) is 75.3 Å². The number of sulfonamides is 1. The lowest BCUT2D eigenvalue weighted by Crippen LogP contribution is -2.27. The molecule has 2 aromatic rings. The van der Waals surface area contributed by atoms with E-state index in [4.69, 9.17) is 0 Å². The molecule has 2 N–H and O–H groups in total. The zero-order valence-corrected chi connectivity index (χ0v) is 15.4. The minimum Gasteiger partial charge on any atom is -0.325 e. The number of carbonyl (C=O) groups excluding carboxylic acids is 1. The van der Waals surface area contributed by atoms with E-state index in [1.54, 1.807) is 13.0 Å². The second-order valence-electron chi connectivity index (χ2n) is 5.30. The number of benzene rings is 2. The Balaban J connectivity index is 2.30. The number of nitrogens with one attached hydrogen (secondary N) is 2. The molecule has 2 rings (SSSR count). The maximum absolute atomic E-state index is 12.6. The van der Waals surface area contributed by atoms with Crippen molar-refractivity contribution in [2.75, 3.05) is 11.6 Å².